The minimum atomic E-state index is 0.235. The van der Waals surface area contributed by atoms with Gasteiger partial charge in [0.25, 0.3) is 0 Å². The quantitative estimate of drug-likeness (QED) is 0.910. The zero-order chi connectivity index (χ0) is 13.1. The third-order valence-corrected chi connectivity index (χ3v) is 5.16. The Morgan fingerprint density at radius 2 is 2.17 bits per heavy atom. The number of pyridine rings is 1. The lowest BCUT2D eigenvalue weighted by Gasteiger charge is -2.18. The fourth-order valence-electron chi connectivity index (χ4n) is 1.97. The molecular weight excluding hydrogens is 308 g/mol. The van der Waals surface area contributed by atoms with Gasteiger partial charge in [-0.3, -0.25) is 4.98 Å². The van der Waals surface area contributed by atoms with Gasteiger partial charge in [-0.05, 0) is 65.1 Å². The van der Waals surface area contributed by atoms with Crippen LogP contribution in [0.15, 0.2) is 28.3 Å². The topological polar surface area (TPSA) is 24.9 Å². The van der Waals surface area contributed by atoms with Crippen LogP contribution in [0.5, 0.6) is 0 Å². The van der Waals surface area contributed by atoms with Crippen LogP contribution >= 0.6 is 27.3 Å². The number of thiophene rings is 1. The maximum absolute atomic E-state index is 4.26. The Hall–Kier alpha value is -0.710. The highest BCUT2D eigenvalue weighted by atomic mass is 79.9. The Labute approximate surface area is 121 Å². The van der Waals surface area contributed by atoms with Crippen molar-refractivity contribution in [3.8, 4) is 0 Å². The second kappa shape index (κ2) is 5.95. The van der Waals surface area contributed by atoms with Crippen LogP contribution in [-0.4, -0.2) is 11.5 Å². The highest BCUT2D eigenvalue weighted by molar-refractivity contribution is 9.11. The zero-order valence-corrected chi connectivity index (χ0v) is 13.2. The number of nitrogens with zero attached hydrogens (tertiary/aromatic N) is 1. The molecule has 0 bridgehead atoms. The van der Waals surface area contributed by atoms with Gasteiger partial charge in [-0.25, -0.2) is 0 Å². The molecule has 0 aliphatic rings. The number of aromatic nitrogens is 1. The van der Waals surface area contributed by atoms with E-state index in [2.05, 4.69) is 59.1 Å². The first-order chi connectivity index (χ1) is 8.63. The number of hydrogen-bond acceptors (Lipinski definition) is 3. The lowest BCUT2D eigenvalue weighted by molar-refractivity contribution is 0.634. The molecular formula is C14H17BrN2S. The van der Waals surface area contributed by atoms with E-state index in [4.69, 9.17) is 0 Å². The predicted octanol–water partition coefficient (Wildman–Crippen LogP) is 4.22. The molecule has 0 aliphatic heterocycles. The molecule has 0 spiro atoms. The van der Waals surface area contributed by atoms with Gasteiger partial charge in [0.1, 0.15) is 0 Å². The minimum absolute atomic E-state index is 0.235. The lowest BCUT2D eigenvalue weighted by Crippen LogP contribution is -2.22. The van der Waals surface area contributed by atoms with E-state index in [1.807, 2.05) is 12.4 Å². The molecule has 2 heterocycles. The molecule has 2 aromatic rings. The molecule has 0 aliphatic carbocycles. The molecule has 0 saturated carbocycles. The van der Waals surface area contributed by atoms with Gasteiger partial charge in [-0.2, -0.15) is 0 Å². The summed E-state index contributed by atoms with van der Waals surface area (Å²) in [4.78, 5) is 5.59. The van der Waals surface area contributed by atoms with E-state index in [0.717, 1.165) is 6.54 Å². The first-order valence-corrected chi connectivity index (χ1v) is 7.64. The third kappa shape index (κ3) is 2.82. The van der Waals surface area contributed by atoms with E-state index >= 15 is 0 Å². The molecule has 0 saturated heterocycles. The smallest absolute Gasteiger partial charge is 0.0731 e. The molecule has 96 valence electrons. The molecule has 0 radical (unpaired) electrons. The normalized spacial score (nSPS) is 12.7. The average molecular weight is 325 g/mol. The summed E-state index contributed by atoms with van der Waals surface area (Å²) < 4.78 is 1.21. The van der Waals surface area contributed by atoms with Crippen molar-refractivity contribution in [1.29, 1.82) is 0 Å². The van der Waals surface area contributed by atoms with Crippen LogP contribution in [0, 0.1) is 13.8 Å². The van der Waals surface area contributed by atoms with Crippen molar-refractivity contribution in [1.82, 2.24) is 10.3 Å². The van der Waals surface area contributed by atoms with Gasteiger partial charge in [0, 0.05) is 17.3 Å². The third-order valence-electron chi connectivity index (χ3n) is 2.96. The van der Waals surface area contributed by atoms with Crippen LogP contribution in [0.1, 0.15) is 34.5 Å². The van der Waals surface area contributed by atoms with Crippen molar-refractivity contribution < 1.29 is 0 Å². The van der Waals surface area contributed by atoms with Gasteiger partial charge >= 0.3 is 0 Å². The number of halogens is 1. The molecule has 0 fully saturated rings. The van der Waals surface area contributed by atoms with E-state index in [9.17, 15) is 0 Å². The summed E-state index contributed by atoms with van der Waals surface area (Å²) in [5.74, 6) is 0. The largest absolute Gasteiger partial charge is 0.306 e. The van der Waals surface area contributed by atoms with E-state index in [1.165, 1.54) is 25.4 Å². The Kier molecular flexibility index (Phi) is 4.54. The Morgan fingerprint density at radius 3 is 2.72 bits per heavy atom. The van der Waals surface area contributed by atoms with Crippen LogP contribution in [0.2, 0.25) is 0 Å². The van der Waals surface area contributed by atoms with Gasteiger partial charge in [-0.1, -0.05) is 6.92 Å². The standard InChI is InChI=1S/C14H17BrN2S/c1-4-17-13(11-8-16-6-5-9(11)2)12-7-10(3)14(15)18-12/h5-8,13,17H,4H2,1-3H3. The van der Waals surface area contributed by atoms with Crippen molar-refractivity contribution >= 4 is 27.3 Å². The van der Waals surface area contributed by atoms with Gasteiger partial charge in [0.15, 0.2) is 0 Å². The lowest BCUT2D eigenvalue weighted by atomic mass is 10.0. The highest BCUT2D eigenvalue weighted by Gasteiger charge is 2.18. The molecule has 0 aromatic carbocycles. The van der Waals surface area contributed by atoms with Crippen molar-refractivity contribution in [3.63, 3.8) is 0 Å². The van der Waals surface area contributed by atoms with Gasteiger partial charge < -0.3 is 5.32 Å². The van der Waals surface area contributed by atoms with E-state index in [-0.39, 0.29) is 6.04 Å². The molecule has 1 N–H and O–H groups in total. The van der Waals surface area contributed by atoms with Gasteiger partial charge in [-0.15, -0.1) is 11.3 Å². The predicted molar refractivity (Wildman–Crippen MR) is 81.2 cm³/mol. The Balaban J connectivity index is 2.43. The SMILES string of the molecule is CCNC(c1cc(C)c(Br)s1)c1cnccc1C. The first-order valence-electron chi connectivity index (χ1n) is 6.03. The second-order valence-electron chi connectivity index (χ2n) is 4.33. The number of nitrogens with one attached hydrogen (secondary N) is 1. The van der Waals surface area contributed by atoms with Crippen LogP contribution < -0.4 is 5.32 Å². The molecule has 1 unspecified atom stereocenters. The van der Waals surface area contributed by atoms with Crippen molar-refractivity contribution in [2.75, 3.05) is 6.54 Å². The van der Waals surface area contributed by atoms with E-state index in [1.54, 1.807) is 11.3 Å². The van der Waals surface area contributed by atoms with Crippen LogP contribution in [0.3, 0.4) is 0 Å². The fraction of sp³-hybridized carbons (Fsp3) is 0.357. The molecule has 4 heteroatoms. The van der Waals surface area contributed by atoms with E-state index in [0.29, 0.717) is 0 Å². The summed E-state index contributed by atoms with van der Waals surface area (Å²) >= 11 is 5.39. The van der Waals surface area contributed by atoms with Gasteiger partial charge in [0.2, 0.25) is 0 Å². The summed E-state index contributed by atoms with van der Waals surface area (Å²) in [6.45, 7) is 7.34. The Bertz CT molecular complexity index is 517. The zero-order valence-electron chi connectivity index (χ0n) is 10.8. The molecule has 1 atom stereocenters. The van der Waals surface area contributed by atoms with Crippen LogP contribution in [0.25, 0.3) is 0 Å². The van der Waals surface area contributed by atoms with Gasteiger partial charge in [0.05, 0.1) is 9.83 Å². The number of rotatable bonds is 4. The monoisotopic (exact) mass is 324 g/mol. The maximum atomic E-state index is 4.26. The molecule has 18 heavy (non-hydrogen) atoms. The first kappa shape index (κ1) is 13.7. The average Bonchev–Trinajstić information content (AvgIpc) is 2.68. The minimum Gasteiger partial charge on any atom is -0.306 e. The summed E-state index contributed by atoms with van der Waals surface area (Å²) in [6, 6.07) is 4.54. The molecule has 2 aromatic heterocycles. The fourth-order valence-corrected chi connectivity index (χ4v) is 3.64. The second-order valence-corrected chi connectivity index (χ2v) is 6.73. The summed E-state index contributed by atoms with van der Waals surface area (Å²) in [7, 11) is 0. The van der Waals surface area contributed by atoms with Crippen molar-refractivity contribution in [2.24, 2.45) is 0 Å². The summed E-state index contributed by atoms with van der Waals surface area (Å²) in [5, 5.41) is 3.55. The summed E-state index contributed by atoms with van der Waals surface area (Å²) in [6.07, 6.45) is 3.81. The molecule has 2 rings (SSSR count). The van der Waals surface area contributed by atoms with E-state index < -0.39 is 0 Å². The molecule has 2 nitrogen and oxygen atoms in total. The molecule has 0 amide bonds. The van der Waals surface area contributed by atoms with Crippen LogP contribution in [0.4, 0.5) is 0 Å². The number of aryl methyl sites for hydroxylation is 2. The van der Waals surface area contributed by atoms with Crippen molar-refractivity contribution in [3.05, 3.63) is 49.9 Å². The highest BCUT2D eigenvalue weighted by Crippen LogP contribution is 2.34. The van der Waals surface area contributed by atoms with Crippen LogP contribution in [-0.2, 0) is 0 Å². The number of hydrogen-bond donors (Lipinski definition) is 1. The Morgan fingerprint density at radius 1 is 1.39 bits per heavy atom. The van der Waals surface area contributed by atoms with Crippen molar-refractivity contribution in [2.45, 2.75) is 26.8 Å². The maximum Gasteiger partial charge on any atom is 0.0731 e. The summed E-state index contributed by atoms with van der Waals surface area (Å²) in [5.41, 5.74) is 3.82.